The van der Waals surface area contributed by atoms with Crippen LogP contribution in [0, 0.1) is 13.8 Å². The van der Waals surface area contributed by atoms with E-state index in [9.17, 15) is 4.79 Å². The van der Waals surface area contributed by atoms with Gasteiger partial charge in [0.1, 0.15) is 0 Å². The van der Waals surface area contributed by atoms with E-state index in [1.807, 2.05) is 41.3 Å². The molecule has 1 atom stereocenters. The molecule has 0 bridgehead atoms. The van der Waals surface area contributed by atoms with E-state index >= 15 is 0 Å². The number of nitrogens with zero attached hydrogens (tertiary/aromatic N) is 3. The van der Waals surface area contributed by atoms with Gasteiger partial charge in [0.25, 0.3) is 5.22 Å². The zero-order valence-corrected chi connectivity index (χ0v) is 16.4. The summed E-state index contributed by atoms with van der Waals surface area (Å²) in [6.07, 6.45) is 0.893. The zero-order chi connectivity index (χ0) is 19.0. The predicted octanol–water partition coefficient (Wildman–Crippen LogP) is 4.42. The predicted molar refractivity (Wildman–Crippen MR) is 107 cm³/mol. The minimum absolute atomic E-state index is 0.0587. The van der Waals surface area contributed by atoms with Crippen LogP contribution >= 0.6 is 11.8 Å². The first-order valence-electron chi connectivity index (χ1n) is 8.97. The standard InChI is InChI=1S/C21H21N3O2S/c1-13-8-9-17(10-14(13)2)20-22-23-21(26-20)27-12-19(25)24-15(3)11-16-6-4-5-7-18(16)24/h4-10,15H,11-12H2,1-3H3/t15-/m1/s1. The fourth-order valence-electron chi connectivity index (χ4n) is 3.40. The molecule has 2 heterocycles. The first kappa shape index (κ1) is 17.8. The van der Waals surface area contributed by atoms with Crippen LogP contribution in [0.3, 0.4) is 0 Å². The van der Waals surface area contributed by atoms with Gasteiger partial charge in [-0.2, -0.15) is 0 Å². The van der Waals surface area contributed by atoms with Crippen molar-refractivity contribution in [2.75, 3.05) is 10.7 Å². The number of amides is 1. The summed E-state index contributed by atoms with van der Waals surface area (Å²) in [6.45, 7) is 6.20. The van der Waals surface area contributed by atoms with Gasteiger partial charge in [-0.05, 0) is 62.1 Å². The van der Waals surface area contributed by atoms with Crippen molar-refractivity contribution in [3.8, 4) is 11.5 Å². The summed E-state index contributed by atoms with van der Waals surface area (Å²) in [5.41, 5.74) is 5.52. The maximum atomic E-state index is 12.8. The van der Waals surface area contributed by atoms with E-state index in [4.69, 9.17) is 4.42 Å². The van der Waals surface area contributed by atoms with Gasteiger partial charge in [0.05, 0.1) is 5.75 Å². The molecule has 1 aliphatic heterocycles. The van der Waals surface area contributed by atoms with Gasteiger partial charge in [-0.3, -0.25) is 4.79 Å². The molecular formula is C21H21N3O2S. The topological polar surface area (TPSA) is 59.2 Å². The van der Waals surface area contributed by atoms with Gasteiger partial charge >= 0.3 is 0 Å². The second kappa shape index (κ2) is 7.19. The molecule has 5 nitrogen and oxygen atoms in total. The van der Waals surface area contributed by atoms with Gasteiger partial charge < -0.3 is 9.32 Å². The Kier molecular flexibility index (Phi) is 4.74. The minimum atomic E-state index is 0.0587. The molecule has 1 amide bonds. The Morgan fingerprint density at radius 2 is 2.00 bits per heavy atom. The summed E-state index contributed by atoms with van der Waals surface area (Å²) >= 11 is 1.28. The van der Waals surface area contributed by atoms with Crippen molar-refractivity contribution in [3.63, 3.8) is 0 Å². The van der Waals surface area contributed by atoms with E-state index in [-0.39, 0.29) is 17.7 Å². The molecule has 0 spiro atoms. The lowest BCUT2D eigenvalue weighted by Gasteiger charge is -2.22. The fourth-order valence-corrected chi connectivity index (χ4v) is 4.02. The molecule has 27 heavy (non-hydrogen) atoms. The largest absolute Gasteiger partial charge is 0.411 e. The van der Waals surface area contributed by atoms with E-state index in [1.54, 1.807) is 0 Å². The summed E-state index contributed by atoms with van der Waals surface area (Å²) in [5, 5.41) is 8.62. The van der Waals surface area contributed by atoms with Gasteiger partial charge in [0, 0.05) is 17.3 Å². The van der Waals surface area contributed by atoms with Gasteiger partial charge in [0.15, 0.2) is 0 Å². The number of fused-ring (bicyclic) bond motifs is 1. The number of carbonyl (C=O) groups is 1. The molecule has 6 heteroatoms. The second-order valence-electron chi connectivity index (χ2n) is 6.91. The van der Waals surface area contributed by atoms with Gasteiger partial charge in [-0.15, -0.1) is 10.2 Å². The molecule has 1 aromatic heterocycles. The maximum Gasteiger partial charge on any atom is 0.277 e. The number of anilines is 1. The monoisotopic (exact) mass is 379 g/mol. The zero-order valence-electron chi connectivity index (χ0n) is 15.6. The summed E-state index contributed by atoms with van der Waals surface area (Å²) in [7, 11) is 0. The third-order valence-corrected chi connectivity index (χ3v) is 5.76. The first-order chi connectivity index (χ1) is 13.0. The minimum Gasteiger partial charge on any atom is -0.411 e. The summed E-state index contributed by atoms with van der Waals surface area (Å²) < 4.78 is 5.74. The Labute approximate surface area is 162 Å². The Hall–Kier alpha value is -2.60. The van der Waals surface area contributed by atoms with E-state index in [1.165, 1.54) is 28.5 Å². The van der Waals surface area contributed by atoms with E-state index in [0.29, 0.717) is 11.1 Å². The molecule has 2 aromatic carbocycles. The quantitative estimate of drug-likeness (QED) is 0.628. The average molecular weight is 379 g/mol. The van der Waals surface area contributed by atoms with Crippen LogP contribution in [0.4, 0.5) is 5.69 Å². The fraction of sp³-hybridized carbons (Fsp3) is 0.286. The average Bonchev–Trinajstić information content (AvgIpc) is 3.25. The molecule has 0 fully saturated rings. The molecule has 1 aliphatic rings. The number of benzene rings is 2. The highest BCUT2D eigenvalue weighted by molar-refractivity contribution is 7.99. The van der Waals surface area contributed by atoms with Crippen LogP contribution < -0.4 is 4.90 Å². The molecule has 4 rings (SSSR count). The summed E-state index contributed by atoms with van der Waals surface area (Å²) in [6, 6.07) is 14.3. The highest BCUT2D eigenvalue weighted by Crippen LogP contribution is 2.33. The molecule has 3 aromatic rings. The van der Waals surface area contributed by atoms with Crippen molar-refractivity contribution in [1.29, 1.82) is 0 Å². The normalized spacial score (nSPS) is 15.8. The van der Waals surface area contributed by atoms with Crippen molar-refractivity contribution < 1.29 is 9.21 Å². The summed E-state index contributed by atoms with van der Waals surface area (Å²) in [4.78, 5) is 14.6. The van der Waals surface area contributed by atoms with Crippen molar-refractivity contribution in [2.24, 2.45) is 0 Å². The Morgan fingerprint density at radius 1 is 1.19 bits per heavy atom. The van der Waals surface area contributed by atoms with Crippen molar-refractivity contribution in [1.82, 2.24) is 10.2 Å². The Balaban J connectivity index is 1.44. The lowest BCUT2D eigenvalue weighted by atomic mass is 10.1. The number of hydrogen-bond donors (Lipinski definition) is 0. The van der Waals surface area contributed by atoms with Crippen molar-refractivity contribution >= 4 is 23.4 Å². The van der Waals surface area contributed by atoms with Crippen molar-refractivity contribution in [3.05, 3.63) is 59.2 Å². The van der Waals surface area contributed by atoms with Crippen LogP contribution in [-0.4, -0.2) is 27.9 Å². The molecule has 0 aliphatic carbocycles. The lowest BCUT2D eigenvalue weighted by molar-refractivity contribution is -0.116. The van der Waals surface area contributed by atoms with Crippen LogP contribution in [-0.2, 0) is 11.2 Å². The van der Waals surface area contributed by atoms with Crippen LogP contribution in [0.5, 0.6) is 0 Å². The number of aryl methyl sites for hydroxylation is 2. The number of para-hydroxylation sites is 1. The summed E-state index contributed by atoms with van der Waals surface area (Å²) in [5.74, 6) is 0.809. The van der Waals surface area contributed by atoms with Gasteiger partial charge in [0.2, 0.25) is 11.8 Å². The molecule has 0 saturated heterocycles. The molecular weight excluding hydrogens is 358 g/mol. The molecule has 0 unspecified atom stereocenters. The highest BCUT2D eigenvalue weighted by atomic mass is 32.2. The number of carbonyl (C=O) groups excluding carboxylic acids is 1. The third-order valence-electron chi connectivity index (χ3n) is 4.96. The van der Waals surface area contributed by atoms with Gasteiger partial charge in [-0.25, -0.2) is 0 Å². The molecule has 138 valence electrons. The lowest BCUT2D eigenvalue weighted by Crippen LogP contribution is -2.36. The van der Waals surface area contributed by atoms with Crippen LogP contribution in [0.1, 0.15) is 23.6 Å². The Morgan fingerprint density at radius 3 is 2.81 bits per heavy atom. The second-order valence-corrected chi connectivity index (χ2v) is 7.83. The van der Waals surface area contributed by atoms with Crippen molar-refractivity contribution in [2.45, 2.75) is 38.5 Å². The Bertz CT molecular complexity index is 999. The third kappa shape index (κ3) is 3.49. The van der Waals surface area contributed by atoms with Crippen LogP contribution in [0.15, 0.2) is 52.1 Å². The van der Waals surface area contributed by atoms with Crippen LogP contribution in [0.25, 0.3) is 11.5 Å². The maximum absolute atomic E-state index is 12.8. The van der Waals surface area contributed by atoms with Gasteiger partial charge in [-0.1, -0.05) is 36.0 Å². The smallest absolute Gasteiger partial charge is 0.277 e. The SMILES string of the molecule is Cc1ccc(-c2nnc(SCC(=O)N3c4ccccc4C[C@H]3C)o2)cc1C. The number of aromatic nitrogens is 2. The van der Waals surface area contributed by atoms with Crippen LogP contribution in [0.2, 0.25) is 0 Å². The molecule has 0 radical (unpaired) electrons. The van der Waals surface area contributed by atoms with E-state index < -0.39 is 0 Å². The number of hydrogen-bond acceptors (Lipinski definition) is 5. The molecule has 0 N–H and O–H groups in total. The highest BCUT2D eigenvalue weighted by Gasteiger charge is 2.30. The van der Waals surface area contributed by atoms with E-state index in [2.05, 4.69) is 37.0 Å². The first-order valence-corrected chi connectivity index (χ1v) is 9.95. The molecule has 0 saturated carbocycles. The number of thioether (sulfide) groups is 1. The van der Waals surface area contributed by atoms with E-state index in [0.717, 1.165) is 17.7 Å². The number of rotatable bonds is 4.